The van der Waals surface area contributed by atoms with Crippen LogP contribution in [-0.4, -0.2) is 38.7 Å². The van der Waals surface area contributed by atoms with Crippen molar-refractivity contribution in [2.45, 2.75) is 26.8 Å². The molecule has 3 nitrogen and oxygen atoms in total. The Bertz CT molecular complexity index is 805. The summed E-state index contributed by atoms with van der Waals surface area (Å²) in [5, 5.41) is 4.24. The average Bonchev–Trinajstić information content (AvgIpc) is 2.65. The molecule has 0 aliphatic carbocycles. The van der Waals surface area contributed by atoms with Crippen LogP contribution >= 0.6 is 27.5 Å². The minimum Gasteiger partial charge on any atom is -0.493 e. The number of likely N-dealkylation sites (N-methyl/N-ethyl adjacent to an activating group) is 1. The van der Waals surface area contributed by atoms with E-state index in [1.165, 1.54) is 11.1 Å². The molecule has 0 heterocycles. The van der Waals surface area contributed by atoms with Crippen molar-refractivity contribution in [1.82, 2.24) is 10.2 Å². The SMILES string of the molecule is CC(C)COc1cc(C/C=C/c2ccc(Cl)cc2Br)cc(CNCCN(C)C)c1. The Hall–Kier alpha value is -1.33. The lowest BCUT2D eigenvalue weighted by Crippen LogP contribution is -2.26. The van der Waals surface area contributed by atoms with Crippen LogP contribution < -0.4 is 10.1 Å². The Kier molecular flexibility index (Phi) is 10.2. The van der Waals surface area contributed by atoms with Gasteiger partial charge in [-0.2, -0.15) is 0 Å². The van der Waals surface area contributed by atoms with Crippen molar-refractivity contribution in [1.29, 1.82) is 0 Å². The number of benzene rings is 2. The maximum atomic E-state index is 6.03. The van der Waals surface area contributed by atoms with Crippen molar-refractivity contribution in [2.24, 2.45) is 5.92 Å². The highest BCUT2D eigenvalue weighted by Crippen LogP contribution is 2.23. The van der Waals surface area contributed by atoms with Gasteiger partial charge in [-0.15, -0.1) is 0 Å². The van der Waals surface area contributed by atoms with Gasteiger partial charge in [0.2, 0.25) is 0 Å². The van der Waals surface area contributed by atoms with Crippen LogP contribution in [0.15, 0.2) is 46.9 Å². The molecule has 0 aliphatic rings. The van der Waals surface area contributed by atoms with Gasteiger partial charge in [-0.3, -0.25) is 0 Å². The highest BCUT2D eigenvalue weighted by Gasteiger charge is 2.04. The molecule has 0 saturated carbocycles. The average molecular weight is 480 g/mol. The highest BCUT2D eigenvalue weighted by atomic mass is 79.9. The molecule has 0 aliphatic heterocycles. The van der Waals surface area contributed by atoms with Crippen molar-refractivity contribution >= 4 is 33.6 Å². The van der Waals surface area contributed by atoms with E-state index in [1.54, 1.807) is 0 Å². The van der Waals surface area contributed by atoms with Gasteiger partial charge in [-0.25, -0.2) is 0 Å². The van der Waals surface area contributed by atoms with Crippen molar-refractivity contribution in [2.75, 3.05) is 33.8 Å². The molecule has 0 aromatic heterocycles. The summed E-state index contributed by atoms with van der Waals surface area (Å²) in [7, 11) is 4.18. The fourth-order valence-corrected chi connectivity index (χ4v) is 3.60. The first-order valence-electron chi connectivity index (χ1n) is 10.1. The van der Waals surface area contributed by atoms with E-state index >= 15 is 0 Å². The van der Waals surface area contributed by atoms with Gasteiger partial charge in [0.05, 0.1) is 6.61 Å². The number of allylic oxidation sites excluding steroid dienone is 1. The summed E-state index contributed by atoms with van der Waals surface area (Å²) in [6.07, 6.45) is 5.15. The Morgan fingerprint density at radius 1 is 1.14 bits per heavy atom. The summed E-state index contributed by atoms with van der Waals surface area (Å²) in [5.74, 6) is 1.45. The van der Waals surface area contributed by atoms with E-state index in [9.17, 15) is 0 Å². The van der Waals surface area contributed by atoms with Crippen molar-refractivity contribution < 1.29 is 4.74 Å². The molecule has 2 aromatic rings. The Labute approximate surface area is 189 Å². The molecular weight excluding hydrogens is 448 g/mol. The van der Waals surface area contributed by atoms with Crippen molar-refractivity contribution in [3.63, 3.8) is 0 Å². The third-order valence-corrected chi connectivity index (χ3v) is 5.21. The van der Waals surface area contributed by atoms with E-state index in [0.717, 1.165) is 53.5 Å². The van der Waals surface area contributed by atoms with Crippen molar-refractivity contribution in [3.8, 4) is 5.75 Å². The van der Waals surface area contributed by atoms with Crippen LogP contribution in [0.5, 0.6) is 5.75 Å². The lowest BCUT2D eigenvalue weighted by molar-refractivity contribution is 0.270. The molecule has 158 valence electrons. The molecule has 0 amide bonds. The third-order valence-electron chi connectivity index (χ3n) is 4.29. The largest absolute Gasteiger partial charge is 0.493 e. The van der Waals surface area contributed by atoms with E-state index < -0.39 is 0 Å². The molecule has 0 radical (unpaired) electrons. The summed E-state index contributed by atoms with van der Waals surface area (Å²) >= 11 is 9.60. The van der Waals surface area contributed by atoms with Gasteiger partial charge in [0, 0.05) is 29.1 Å². The molecule has 0 saturated heterocycles. The zero-order valence-electron chi connectivity index (χ0n) is 17.8. The standard InChI is InChI=1S/C24H32BrClN2O/c1-18(2)17-29-23-13-19(12-20(14-23)16-27-10-11-28(3)4)6-5-7-21-8-9-22(26)15-24(21)25/h5,7-9,12-15,18,27H,6,10-11,16-17H2,1-4H3/b7-5+. The molecule has 0 fully saturated rings. The maximum absolute atomic E-state index is 6.03. The lowest BCUT2D eigenvalue weighted by Gasteiger charge is -2.14. The maximum Gasteiger partial charge on any atom is 0.119 e. The van der Waals surface area contributed by atoms with E-state index in [0.29, 0.717) is 5.92 Å². The normalized spacial score (nSPS) is 11.7. The van der Waals surface area contributed by atoms with E-state index in [2.05, 4.69) is 84.4 Å². The Morgan fingerprint density at radius 3 is 2.59 bits per heavy atom. The second-order valence-corrected chi connectivity index (χ2v) is 9.23. The topological polar surface area (TPSA) is 24.5 Å². The van der Waals surface area contributed by atoms with Crippen LogP contribution in [-0.2, 0) is 13.0 Å². The molecule has 0 bridgehead atoms. The zero-order valence-corrected chi connectivity index (χ0v) is 20.2. The quantitative estimate of drug-likeness (QED) is 0.397. The summed E-state index contributed by atoms with van der Waals surface area (Å²) < 4.78 is 7.01. The minimum absolute atomic E-state index is 0.502. The molecule has 2 aromatic carbocycles. The number of ether oxygens (including phenoxy) is 1. The monoisotopic (exact) mass is 478 g/mol. The number of hydrogen-bond donors (Lipinski definition) is 1. The van der Waals surface area contributed by atoms with Crippen LogP contribution in [0.4, 0.5) is 0 Å². The zero-order chi connectivity index (χ0) is 21.2. The fourth-order valence-electron chi connectivity index (χ4n) is 2.79. The molecule has 0 atom stereocenters. The lowest BCUT2D eigenvalue weighted by atomic mass is 10.1. The number of rotatable bonds is 11. The Morgan fingerprint density at radius 2 is 1.90 bits per heavy atom. The van der Waals surface area contributed by atoms with E-state index in [-0.39, 0.29) is 0 Å². The predicted octanol–water partition coefficient (Wildman–Crippen LogP) is 6.04. The Balaban J connectivity index is 2.07. The molecule has 5 heteroatoms. The van der Waals surface area contributed by atoms with Gasteiger partial charge >= 0.3 is 0 Å². The van der Waals surface area contributed by atoms with Crippen LogP contribution in [0, 0.1) is 5.92 Å². The van der Waals surface area contributed by atoms with Crippen LogP contribution in [0.25, 0.3) is 6.08 Å². The molecule has 1 N–H and O–H groups in total. The predicted molar refractivity (Wildman–Crippen MR) is 129 cm³/mol. The second kappa shape index (κ2) is 12.4. The van der Waals surface area contributed by atoms with E-state index in [4.69, 9.17) is 16.3 Å². The van der Waals surface area contributed by atoms with Gasteiger partial charge in [0.1, 0.15) is 5.75 Å². The minimum atomic E-state index is 0.502. The molecule has 0 spiro atoms. The molecule has 0 unspecified atom stereocenters. The van der Waals surface area contributed by atoms with Gasteiger partial charge in [0.25, 0.3) is 0 Å². The van der Waals surface area contributed by atoms with Crippen LogP contribution in [0.1, 0.15) is 30.5 Å². The third kappa shape index (κ3) is 9.35. The first-order chi connectivity index (χ1) is 13.8. The number of nitrogens with one attached hydrogen (secondary N) is 1. The summed E-state index contributed by atoms with van der Waals surface area (Å²) in [6.45, 7) is 7.89. The number of hydrogen-bond acceptors (Lipinski definition) is 3. The van der Waals surface area contributed by atoms with E-state index in [1.807, 2.05) is 18.2 Å². The molecule has 2 rings (SSSR count). The van der Waals surface area contributed by atoms with Crippen molar-refractivity contribution in [3.05, 3.63) is 68.7 Å². The second-order valence-electron chi connectivity index (χ2n) is 7.94. The summed E-state index contributed by atoms with van der Waals surface area (Å²) in [4.78, 5) is 2.18. The summed E-state index contributed by atoms with van der Waals surface area (Å²) in [5.41, 5.74) is 3.62. The van der Waals surface area contributed by atoms with Gasteiger partial charge in [-0.05, 0) is 67.4 Å². The van der Waals surface area contributed by atoms with Gasteiger partial charge in [0.15, 0.2) is 0 Å². The number of nitrogens with zero attached hydrogens (tertiary/aromatic N) is 1. The first kappa shape index (κ1) is 23.9. The van der Waals surface area contributed by atoms with Gasteiger partial charge in [-0.1, -0.05) is 65.7 Å². The fraction of sp³-hybridized carbons (Fsp3) is 0.417. The first-order valence-corrected chi connectivity index (χ1v) is 11.2. The van der Waals surface area contributed by atoms with Crippen LogP contribution in [0.2, 0.25) is 5.02 Å². The number of halogens is 2. The smallest absolute Gasteiger partial charge is 0.119 e. The van der Waals surface area contributed by atoms with Crippen LogP contribution in [0.3, 0.4) is 0 Å². The molecule has 29 heavy (non-hydrogen) atoms. The summed E-state index contributed by atoms with van der Waals surface area (Å²) in [6, 6.07) is 12.4. The highest BCUT2D eigenvalue weighted by molar-refractivity contribution is 9.10. The van der Waals surface area contributed by atoms with Gasteiger partial charge < -0.3 is 15.0 Å². The molecular formula is C24H32BrClN2O.